The van der Waals surface area contributed by atoms with Gasteiger partial charge < -0.3 is 15.4 Å². The maximum absolute atomic E-state index is 13.3. The molecule has 8 heteroatoms. The summed E-state index contributed by atoms with van der Waals surface area (Å²) >= 11 is 5.87. The summed E-state index contributed by atoms with van der Waals surface area (Å²) in [4.78, 5) is 37.5. The normalized spacial score (nSPS) is 20.5. The van der Waals surface area contributed by atoms with Crippen molar-refractivity contribution in [3.05, 3.63) is 82.6 Å². The van der Waals surface area contributed by atoms with Crippen molar-refractivity contribution >= 4 is 29.4 Å². The molecule has 2 amide bonds. The molecule has 0 bridgehead atoms. The van der Waals surface area contributed by atoms with Crippen molar-refractivity contribution < 1.29 is 23.5 Å². The number of esters is 1. The van der Waals surface area contributed by atoms with Gasteiger partial charge in [-0.25, -0.2) is 4.39 Å². The number of amides is 2. The molecule has 0 spiro atoms. The Morgan fingerprint density at radius 2 is 1.82 bits per heavy atom. The molecule has 2 aromatic carbocycles. The molecular weight excluding hydrogens is 447 g/mol. The van der Waals surface area contributed by atoms with Crippen LogP contribution in [0.2, 0.25) is 5.02 Å². The van der Waals surface area contributed by atoms with E-state index in [4.69, 9.17) is 16.3 Å². The number of carbonyl (C=O) groups is 3. The molecule has 6 nitrogen and oxygen atoms in total. The molecule has 0 saturated carbocycles. The Morgan fingerprint density at radius 3 is 2.55 bits per heavy atom. The van der Waals surface area contributed by atoms with Gasteiger partial charge in [-0.15, -0.1) is 0 Å². The van der Waals surface area contributed by atoms with Crippen LogP contribution in [-0.4, -0.2) is 24.4 Å². The van der Waals surface area contributed by atoms with Crippen LogP contribution in [0.5, 0.6) is 0 Å². The number of benzene rings is 2. The van der Waals surface area contributed by atoms with Crippen LogP contribution < -0.4 is 10.6 Å². The Hall–Kier alpha value is -3.19. The van der Waals surface area contributed by atoms with Crippen LogP contribution in [0.4, 0.5) is 4.39 Å². The molecule has 0 unspecified atom stereocenters. The number of allylic oxidation sites excluding steroid dienone is 2. The lowest BCUT2D eigenvalue weighted by molar-refractivity contribution is -0.151. The first-order chi connectivity index (χ1) is 15.9. The van der Waals surface area contributed by atoms with Crippen LogP contribution >= 0.6 is 11.6 Å². The molecule has 2 aromatic rings. The molecule has 0 aromatic heterocycles. The summed E-state index contributed by atoms with van der Waals surface area (Å²) in [5.41, 5.74) is 1.52. The van der Waals surface area contributed by atoms with Gasteiger partial charge in [-0.05, 0) is 48.2 Å². The number of ether oxygens (including phenoxy) is 1. The predicted molar refractivity (Wildman–Crippen MR) is 123 cm³/mol. The summed E-state index contributed by atoms with van der Waals surface area (Å²) in [6.07, 6.45) is 4.70. The lowest BCUT2D eigenvalue weighted by atomic mass is 9.99. The van der Waals surface area contributed by atoms with Crippen molar-refractivity contribution in [1.82, 2.24) is 10.6 Å². The van der Waals surface area contributed by atoms with Gasteiger partial charge in [0.25, 0.3) is 0 Å². The average Bonchev–Trinajstić information content (AvgIpc) is 2.80. The van der Waals surface area contributed by atoms with E-state index in [1.165, 1.54) is 12.1 Å². The standard InChI is InChI=1S/C25H26ClFN2O4/c26-20-10-6-17(7-11-20)15-28-24(31)14-19-4-2-1-3-5-23(30)29-22(16-33-25(19)32)18-8-12-21(27)13-9-18/h1-2,6-13,19,22H,3-5,14-16H2,(H,28,31)(H,29,30)/b2-1-/t19-,22-/m0/s1. The van der Waals surface area contributed by atoms with E-state index in [0.29, 0.717) is 30.0 Å². The number of rotatable bonds is 5. The Kier molecular flexibility index (Phi) is 9.01. The second-order valence-electron chi connectivity index (χ2n) is 7.85. The SMILES string of the molecule is O=C(C[C@@H]1C/C=C\CCC(=O)N[C@H](c2ccc(F)cc2)COC1=O)NCc1ccc(Cl)cc1. The van der Waals surface area contributed by atoms with E-state index >= 15 is 0 Å². The Labute approximate surface area is 197 Å². The number of halogens is 2. The number of nitrogens with one attached hydrogen (secondary N) is 2. The van der Waals surface area contributed by atoms with Crippen LogP contribution in [0, 0.1) is 11.7 Å². The minimum Gasteiger partial charge on any atom is -0.463 e. The minimum absolute atomic E-state index is 0.0235. The van der Waals surface area contributed by atoms with E-state index in [1.54, 1.807) is 30.3 Å². The van der Waals surface area contributed by atoms with Crippen LogP contribution in [0.25, 0.3) is 0 Å². The summed E-state index contributed by atoms with van der Waals surface area (Å²) in [5, 5.41) is 6.25. The number of cyclic esters (lactones) is 1. The number of hydrogen-bond acceptors (Lipinski definition) is 4. The molecule has 0 aliphatic carbocycles. The Balaban J connectivity index is 1.64. The molecule has 1 aliphatic rings. The zero-order valence-corrected chi connectivity index (χ0v) is 18.8. The summed E-state index contributed by atoms with van der Waals surface area (Å²) < 4.78 is 18.8. The summed E-state index contributed by atoms with van der Waals surface area (Å²) in [6.45, 7) is 0.217. The number of carbonyl (C=O) groups excluding carboxylic acids is 3. The Morgan fingerprint density at radius 1 is 1.09 bits per heavy atom. The van der Waals surface area contributed by atoms with Gasteiger partial charge >= 0.3 is 5.97 Å². The zero-order valence-electron chi connectivity index (χ0n) is 18.1. The van der Waals surface area contributed by atoms with Crippen molar-refractivity contribution in [3.63, 3.8) is 0 Å². The first kappa shape index (κ1) is 24.5. The molecule has 33 heavy (non-hydrogen) atoms. The van der Waals surface area contributed by atoms with Crippen molar-refractivity contribution in [3.8, 4) is 0 Å². The maximum Gasteiger partial charge on any atom is 0.309 e. The molecule has 174 valence electrons. The van der Waals surface area contributed by atoms with E-state index < -0.39 is 23.7 Å². The van der Waals surface area contributed by atoms with Gasteiger partial charge in [0.1, 0.15) is 12.4 Å². The minimum atomic E-state index is -0.657. The monoisotopic (exact) mass is 472 g/mol. The highest BCUT2D eigenvalue weighted by molar-refractivity contribution is 6.30. The van der Waals surface area contributed by atoms with Gasteiger partial charge in [0.2, 0.25) is 11.8 Å². The zero-order chi connectivity index (χ0) is 23.6. The molecule has 2 N–H and O–H groups in total. The average molecular weight is 473 g/mol. The van der Waals surface area contributed by atoms with Crippen molar-refractivity contribution in [2.45, 2.75) is 38.3 Å². The van der Waals surface area contributed by atoms with Gasteiger partial charge in [0.05, 0.1) is 12.0 Å². The molecular formula is C25H26ClFN2O4. The smallest absolute Gasteiger partial charge is 0.309 e. The van der Waals surface area contributed by atoms with Gasteiger partial charge in [-0.3, -0.25) is 14.4 Å². The maximum atomic E-state index is 13.3. The lowest BCUT2D eigenvalue weighted by Crippen LogP contribution is -2.34. The van der Waals surface area contributed by atoms with Crippen LogP contribution in [-0.2, 0) is 25.7 Å². The van der Waals surface area contributed by atoms with Gasteiger partial charge in [-0.2, -0.15) is 0 Å². The largest absolute Gasteiger partial charge is 0.463 e. The quantitative estimate of drug-likeness (QED) is 0.503. The summed E-state index contributed by atoms with van der Waals surface area (Å²) in [7, 11) is 0. The molecule has 0 fully saturated rings. The molecule has 3 rings (SSSR count). The van der Waals surface area contributed by atoms with Gasteiger partial charge in [-0.1, -0.05) is 48.0 Å². The second kappa shape index (κ2) is 12.2. The van der Waals surface area contributed by atoms with Crippen molar-refractivity contribution in [1.29, 1.82) is 0 Å². The third-order valence-corrected chi connectivity index (χ3v) is 5.55. The van der Waals surface area contributed by atoms with E-state index in [9.17, 15) is 18.8 Å². The van der Waals surface area contributed by atoms with E-state index in [2.05, 4.69) is 10.6 Å². The van der Waals surface area contributed by atoms with E-state index in [0.717, 1.165) is 5.56 Å². The van der Waals surface area contributed by atoms with Crippen molar-refractivity contribution in [2.24, 2.45) is 5.92 Å². The van der Waals surface area contributed by atoms with E-state index in [-0.39, 0.29) is 31.3 Å². The molecule has 2 atom stereocenters. The highest BCUT2D eigenvalue weighted by Crippen LogP contribution is 2.19. The summed E-state index contributed by atoms with van der Waals surface area (Å²) in [6, 6.07) is 12.2. The highest BCUT2D eigenvalue weighted by Gasteiger charge is 2.25. The van der Waals surface area contributed by atoms with Crippen LogP contribution in [0.3, 0.4) is 0 Å². The fourth-order valence-corrected chi connectivity index (χ4v) is 3.55. The van der Waals surface area contributed by atoms with Crippen LogP contribution in [0.1, 0.15) is 42.9 Å². The molecule has 0 saturated heterocycles. The number of hydrogen-bond donors (Lipinski definition) is 2. The van der Waals surface area contributed by atoms with Gasteiger partial charge in [0.15, 0.2) is 0 Å². The lowest BCUT2D eigenvalue weighted by Gasteiger charge is -2.22. The first-order valence-corrected chi connectivity index (χ1v) is 11.2. The highest BCUT2D eigenvalue weighted by atomic mass is 35.5. The van der Waals surface area contributed by atoms with E-state index in [1.807, 2.05) is 18.2 Å². The second-order valence-corrected chi connectivity index (χ2v) is 8.29. The molecule has 1 aliphatic heterocycles. The van der Waals surface area contributed by atoms with Crippen LogP contribution in [0.15, 0.2) is 60.7 Å². The third-order valence-electron chi connectivity index (χ3n) is 5.29. The fraction of sp³-hybridized carbons (Fsp3) is 0.320. The van der Waals surface area contributed by atoms with Crippen molar-refractivity contribution in [2.75, 3.05) is 6.61 Å². The topological polar surface area (TPSA) is 84.5 Å². The Bertz CT molecular complexity index is 992. The predicted octanol–water partition coefficient (Wildman–Crippen LogP) is 4.24. The summed E-state index contributed by atoms with van der Waals surface area (Å²) in [5.74, 6) is -2.04. The first-order valence-electron chi connectivity index (χ1n) is 10.8. The molecule has 1 heterocycles. The fourth-order valence-electron chi connectivity index (χ4n) is 3.42. The van der Waals surface area contributed by atoms with Gasteiger partial charge in [0, 0.05) is 24.4 Å². The third kappa shape index (κ3) is 8.02. The molecule has 0 radical (unpaired) electrons.